The summed E-state index contributed by atoms with van der Waals surface area (Å²) in [6.45, 7) is 1.41. The zero-order valence-electron chi connectivity index (χ0n) is 20.9. The molecule has 1 aromatic heterocycles. The van der Waals surface area contributed by atoms with Gasteiger partial charge in [-0.25, -0.2) is 9.78 Å². The third kappa shape index (κ3) is 5.45. The summed E-state index contributed by atoms with van der Waals surface area (Å²) in [5.74, 6) is -0.214. The van der Waals surface area contributed by atoms with Crippen molar-refractivity contribution in [3.8, 4) is 11.5 Å². The van der Waals surface area contributed by atoms with Crippen molar-refractivity contribution < 1.29 is 23.9 Å². The van der Waals surface area contributed by atoms with E-state index in [1.165, 1.54) is 44.2 Å². The van der Waals surface area contributed by atoms with Gasteiger partial charge < -0.3 is 14.2 Å². The standard InChI is InChI=1S/C26H28N4O7/c1-16(26(32)36-3)37-23-21(30(33)34)13-17(14-22(23)35-2)15-27-29-24(18-9-5-4-6-10-18)28-20-12-8-7-11-19(20)25(29)31/h7-8,11-16,18H,4-6,9-10H2,1-3H3/t16-/m0/s1. The molecule has 1 saturated carbocycles. The van der Waals surface area contributed by atoms with E-state index < -0.39 is 22.7 Å². The van der Waals surface area contributed by atoms with Crippen LogP contribution in [0.1, 0.15) is 56.3 Å². The molecule has 37 heavy (non-hydrogen) atoms. The van der Waals surface area contributed by atoms with Crippen LogP contribution in [0.25, 0.3) is 10.9 Å². The lowest BCUT2D eigenvalue weighted by atomic mass is 9.88. The summed E-state index contributed by atoms with van der Waals surface area (Å²) in [5, 5.41) is 16.7. The monoisotopic (exact) mass is 508 g/mol. The van der Waals surface area contributed by atoms with Gasteiger partial charge in [0.2, 0.25) is 5.75 Å². The van der Waals surface area contributed by atoms with Crippen LogP contribution in [-0.2, 0) is 9.53 Å². The van der Waals surface area contributed by atoms with Crippen molar-refractivity contribution in [1.82, 2.24) is 9.66 Å². The summed E-state index contributed by atoms with van der Waals surface area (Å²) in [6.07, 6.45) is 5.31. The van der Waals surface area contributed by atoms with Crippen molar-refractivity contribution in [2.24, 2.45) is 5.10 Å². The number of methoxy groups -OCH3 is 2. The first-order valence-electron chi connectivity index (χ1n) is 12.0. The van der Waals surface area contributed by atoms with Crippen LogP contribution in [0.3, 0.4) is 0 Å². The fraction of sp³-hybridized carbons (Fsp3) is 0.385. The van der Waals surface area contributed by atoms with Crippen LogP contribution < -0.4 is 15.0 Å². The highest BCUT2D eigenvalue weighted by molar-refractivity contribution is 5.84. The molecular weight excluding hydrogens is 480 g/mol. The summed E-state index contributed by atoms with van der Waals surface area (Å²) >= 11 is 0. The Morgan fingerprint density at radius 2 is 1.95 bits per heavy atom. The van der Waals surface area contributed by atoms with Crippen LogP contribution in [-0.4, -0.2) is 47.1 Å². The molecule has 1 aliphatic carbocycles. The molecule has 1 fully saturated rings. The van der Waals surface area contributed by atoms with Crippen molar-refractivity contribution in [3.63, 3.8) is 0 Å². The minimum Gasteiger partial charge on any atom is -0.493 e. The van der Waals surface area contributed by atoms with E-state index in [0.29, 0.717) is 22.3 Å². The maximum atomic E-state index is 13.4. The molecule has 1 aliphatic rings. The highest BCUT2D eigenvalue weighted by Crippen LogP contribution is 2.39. The third-order valence-corrected chi connectivity index (χ3v) is 6.37. The number of para-hydroxylation sites is 1. The van der Waals surface area contributed by atoms with E-state index in [0.717, 1.165) is 32.1 Å². The summed E-state index contributed by atoms with van der Waals surface area (Å²) in [5.41, 5.74) is 0.179. The average Bonchev–Trinajstić information content (AvgIpc) is 2.92. The molecule has 2 aromatic carbocycles. The van der Waals surface area contributed by atoms with Crippen molar-refractivity contribution in [2.45, 2.75) is 51.0 Å². The van der Waals surface area contributed by atoms with Crippen LogP contribution in [0, 0.1) is 10.1 Å². The fourth-order valence-electron chi connectivity index (χ4n) is 4.48. The second kappa shape index (κ2) is 11.2. The zero-order valence-corrected chi connectivity index (χ0v) is 20.9. The summed E-state index contributed by atoms with van der Waals surface area (Å²) in [7, 11) is 2.52. The van der Waals surface area contributed by atoms with Crippen LogP contribution in [0.15, 0.2) is 46.3 Å². The second-order valence-corrected chi connectivity index (χ2v) is 8.80. The Morgan fingerprint density at radius 3 is 2.62 bits per heavy atom. The van der Waals surface area contributed by atoms with E-state index in [1.54, 1.807) is 18.2 Å². The largest absolute Gasteiger partial charge is 0.493 e. The van der Waals surface area contributed by atoms with Gasteiger partial charge in [-0.3, -0.25) is 14.9 Å². The highest BCUT2D eigenvalue weighted by Gasteiger charge is 2.27. The number of fused-ring (bicyclic) bond motifs is 1. The van der Waals surface area contributed by atoms with Gasteiger partial charge in [0.25, 0.3) is 5.56 Å². The van der Waals surface area contributed by atoms with Gasteiger partial charge in [0.05, 0.1) is 36.3 Å². The summed E-state index contributed by atoms with van der Waals surface area (Å²) in [4.78, 5) is 41.2. The number of hydrogen-bond acceptors (Lipinski definition) is 9. The van der Waals surface area contributed by atoms with E-state index in [9.17, 15) is 19.7 Å². The normalized spacial score (nSPS) is 15.0. The van der Waals surface area contributed by atoms with Crippen molar-refractivity contribution in [2.75, 3.05) is 14.2 Å². The van der Waals surface area contributed by atoms with Gasteiger partial charge in [0, 0.05) is 17.5 Å². The molecule has 0 bridgehead atoms. The average molecular weight is 509 g/mol. The molecule has 1 atom stereocenters. The third-order valence-electron chi connectivity index (χ3n) is 6.37. The summed E-state index contributed by atoms with van der Waals surface area (Å²) in [6, 6.07) is 9.83. The Labute approximate surface area is 212 Å². The maximum Gasteiger partial charge on any atom is 0.346 e. The van der Waals surface area contributed by atoms with Gasteiger partial charge in [0.15, 0.2) is 11.9 Å². The minimum atomic E-state index is -1.10. The van der Waals surface area contributed by atoms with E-state index in [4.69, 9.17) is 14.5 Å². The van der Waals surface area contributed by atoms with Gasteiger partial charge in [-0.05, 0) is 38.0 Å². The number of ether oxygens (including phenoxy) is 3. The van der Waals surface area contributed by atoms with Gasteiger partial charge in [-0.2, -0.15) is 9.78 Å². The zero-order chi connectivity index (χ0) is 26.5. The number of nitrogens with zero attached hydrogens (tertiary/aromatic N) is 4. The maximum absolute atomic E-state index is 13.4. The predicted octanol–water partition coefficient (Wildman–Crippen LogP) is 4.18. The predicted molar refractivity (Wildman–Crippen MR) is 137 cm³/mol. The molecule has 0 aliphatic heterocycles. The van der Waals surface area contributed by atoms with Crippen LogP contribution >= 0.6 is 0 Å². The molecule has 11 nitrogen and oxygen atoms in total. The topological polar surface area (TPSA) is 135 Å². The molecule has 1 heterocycles. The Hall–Kier alpha value is -4.28. The number of nitro groups is 1. The lowest BCUT2D eigenvalue weighted by Crippen LogP contribution is -2.25. The molecule has 0 spiro atoms. The molecule has 194 valence electrons. The second-order valence-electron chi connectivity index (χ2n) is 8.80. The van der Waals surface area contributed by atoms with E-state index in [1.807, 2.05) is 6.07 Å². The number of hydrogen-bond donors (Lipinski definition) is 0. The molecule has 0 saturated heterocycles. The van der Waals surface area contributed by atoms with Crippen molar-refractivity contribution in [1.29, 1.82) is 0 Å². The van der Waals surface area contributed by atoms with E-state index in [-0.39, 0.29) is 23.0 Å². The lowest BCUT2D eigenvalue weighted by molar-refractivity contribution is -0.386. The van der Waals surface area contributed by atoms with Crippen LogP contribution in [0.2, 0.25) is 0 Å². The number of benzene rings is 2. The number of esters is 1. The number of carbonyl (C=O) groups is 1. The lowest BCUT2D eigenvalue weighted by Gasteiger charge is -2.22. The Kier molecular flexibility index (Phi) is 7.80. The number of rotatable bonds is 8. The van der Waals surface area contributed by atoms with Crippen LogP contribution in [0.4, 0.5) is 5.69 Å². The number of nitro benzene ring substituents is 1. The molecule has 0 unspecified atom stereocenters. The summed E-state index contributed by atoms with van der Waals surface area (Å²) < 4.78 is 16.8. The molecular formula is C26H28N4O7. The smallest absolute Gasteiger partial charge is 0.346 e. The minimum absolute atomic E-state index is 0.0305. The van der Waals surface area contributed by atoms with Crippen LogP contribution in [0.5, 0.6) is 11.5 Å². The SMILES string of the molecule is COC(=O)[C@H](C)Oc1c(OC)cc(C=Nn2c(C3CCCCC3)nc3ccccc3c2=O)cc1[N+](=O)[O-]. The molecule has 0 radical (unpaired) electrons. The van der Waals surface area contributed by atoms with Crippen molar-refractivity contribution in [3.05, 3.63) is 68.3 Å². The highest BCUT2D eigenvalue weighted by atomic mass is 16.6. The molecule has 0 N–H and O–H groups in total. The molecule has 11 heteroatoms. The first-order chi connectivity index (χ1) is 17.8. The Morgan fingerprint density at radius 1 is 1.22 bits per heavy atom. The molecule has 0 amide bonds. The van der Waals surface area contributed by atoms with Gasteiger partial charge in [-0.1, -0.05) is 31.4 Å². The number of aromatic nitrogens is 2. The first-order valence-corrected chi connectivity index (χ1v) is 12.0. The van der Waals surface area contributed by atoms with Gasteiger partial charge >= 0.3 is 11.7 Å². The molecule has 3 aromatic rings. The van der Waals surface area contributed by atoms with Gasteiger partial charge in [-0.15, -0.1) is 0 Å². The van der Waals surface area contributed by atoms with Gasteiger partial charge in [0.1, 0.15) is 5.82 Å². The quantitative estimate of drug-likeness (QED) is 0.191. The van der Waals surface area contributed by atoms with E-state index in [2.05, 4.69) is 9.84 Å². The Balaban J connectivity index is 1.80. The molecule has 4 rings (SSSR count). The van der Waals surface area contributed by atoms with E-state index >= 15 is 0 Å². The fourth-order valence-corrected chi connectivity index (χ4v) is 4.48. The van der Waals surface area contributed by atoms with Crippen molar-refractivity contribution >= 4 is 28.8 Å². The Bertz CT molecular complexity index is 1410. The first kappa shape index (κ1) is 25.8. The number of carbonyl (C=O) groups excluding carboxylic acids is 1.